The van der Waals surface area contributed by atoms with Gasteiger partial charge in [0.25, 0.3) is 0 Å². The van der Waals surface area contributed by atoms with Crippen molar-refractivity contribution in [1.29, 1.82) is 0 Å². The minimum Gasteiger partial charge on any atom is -0.507 e. The second kappa shape index (κ2) is 7.85. The molecule has 5 heteroatoms. The summed E-state index contributed by atoms with van der Waals surface area (Å²) in [5.74, 6) is 1.64. The van der Waals surface area contributed by atoms with Gasteiger partial charge in [-0.1, -0.05) is 17.8 Å². The minimum absolute atomic E-state index is 0.347. The fraction of sp³-hybridized carbons (Fsp3) is 0.179. The zero-order valence-electron chi connectivity index (χ0n) is 19.4. The van der Waals surface area contributed by atoms with Crippen LogP contribution in [-0.2, 0) is 0 Å². The lowest BCUT2D eigenvalue weighted by molar-refractivity contribution is 0.466. The SMILES string of the molecule is Cc1cc(-c2ccc3c(c2)Sc2cc(-c4cc(C)c(O)c(C)c4)cnc2N3C)cc(C)c1O. The molecular weight excluding hydrogens is 428 g/mol. The van der Waals surface area contributed by atoms with Gasteiger partial charge in [-0.3, -0.25) is 0 Å². The quantitative estimate of drug-likeness (QED) is 0.333. The Bertz CT molecular complexity index is 1270. The molecule has 4 nitrogen and oxygen atoms in total. The van der Waals surface area contributed by atoms with Crippen LogP contribution in [-0.4, -0.2) is 22.2 Å². The van der Waals surface area contributed by atoms with E-state index in [0.717, 1.165) is 60.9 Å². The van der Waals surface area contributed by atoms with Crippen molar-refractivity contribution < 1.29 is 10.2 Å². The molecule has 2 heterocycles. The predicted octanol–water partition coefficient (Wildman–Crippen LogP) is 7.29. The highest BCUT2D eigenvalue weighted by atomic mass is 32.2. The number of aryl methyl sites for hydroxylation is 4. The number of pyridine rings is 1. The van der Waals surface area contributed by atoms with Crippen LogP contribution in [0.5, 0.6) is 11.5 Å². The number of phenolic OH excluding ortho intramolecular Hbond substituents is 2. The lowest BCUT2D eigenvalue weighted by Gasteiger charge is -2.29. The highest BCUT2D eigenvalue weighted by molar-refractivity contribution is 7.99. The molecule has 0 amide bonds. The Balaban J connectivity index is 1.56. The van der Waals surface area contributed by atoms with Gasteiger partial charge in [0, 0.05) is 23.7 Å². The molecule has 0 saturated heterocycles. The Morgan fingerprint density at radius 2 is 1.18 bits per heavy atom. The van der Waals surface area contributed by atoms with Gasteiger partial charge in [-0.2, -0.15) is 0 Å². The van der Waals surface area contributed by atoms with E-state index >= 15 is 0 Å². The monoisotopic (exact) mass is 454 g/mol. The zero-order valence-corrected chi connectivity index (χ0v) is 20.2. The van der Waals surface area contributed by atoms with Gasteiger partial charge in [-0.05, 0) is 109 Å². The van der Waals surface area contributed by atoms with Gasteiger partial charge in [0.1, 0.15) is 17.3 Å². The fourth-order valence-corrected chi connectivity index (χ4v) is 5.65. The van der Waals surface area contributed by atoms with Crippen molar-refractivity contribution in [2.75, 3.05) is 11.9 Å². The van der Waals surface area contributed by atoms with Crippen molar-refractivity contribution in [2.45, 2.75) is 37.5 Å². The zero-order chi connectivity index (χ0) is 23.4. The van der Waals surface area contributed by atoms with Crippen LogP contribution < -0.4 is 4.90 Å². The van der Waals surface area contributed by atoms with E-state index in [-0.39, 0.29) is 0 Å². The molecule has 0 atom stereocenters. The molecule has 0 spiro atoms. The highest BCUT2D eigenvalue weighted by Gasteiger charge is 2.23. The second-order valence-corrected chi connectivity index (χ2v) is 9.89. The minimum atomic E-state index is 0.347. The maximum atomic E-state index is 10.2. The number of aromatic nitrogens is 1. The Labute approximate surface area is 198 Å². The van der Waals surface area contributed by atoms with E-state index in [1.807, 2.05) is 65.2 Å². The number of benzene rings is 3. The standard InChI is InChI=1S/C28H26N2O2S/c1-15-8-20(9-16(2)26(15)31)19-6-7-23-24(12-19)33-25-13-22(14-29-28(25)30(23)5)21-10-17(3)27(32)18(4)11-21/h6-14,31-32H,1-5H3. The molecule has 5 rings (SSSR count). The largest absolute Gasteiger partial charge is 0.507 e. The molecule has 0 unspecified atom stereocenters. The normalized spacial score (nSPS) is 12.5. The molecular formula is C28H26N2O2S. The van der Waals surface area contributed by atoms with Gasteiger partial charge >= 0.3 is 0 Å². The third kappa shape index (κ3) is 3.62. The first-order valence-electron chi connectivity index (χ1n) is 10.9. The van der Waals surface area contributed by atoms with Crippen LogP contribution in [0.15, 0.2) is 64.5 Å². The molecule has 33 heavy (non-hydrogen) atoms. The first-order chi connectivity index (χ1) is 15.7. The van der Waals surface area contributed by atoms with E-state index in [2.05, 4.69) is 29.2 Å². The molecule has 0 radical (unpaired) electrons. The van der Waals surface area contributed by atoms with Crippen LogP contribution in [0.25, 0.3) is 22.3 Å². The lowest BCUT2D eigenvalue weighted by Crippen LogP contribution is -2.16. The van der Waals surface area contributed by atoms with Crippen LogP contribution in [0.2, 0.25) is 0 Å². The Kier molecular flexibility index (Phi) is 5.09. The summed E-state index contributed by atoms with van der Waals surface area (Å²) in [6.45, 7) is 7.71. The Hall–Kier alpha value is -3.44. The average Bonchev–Trinajstić information content (AvgIpc) is 2.79. The Morgan fingerprint density at radius 3 is 1.76 bits per heavy atom. The topological polar surface area (TPSA) is 56.6 Å². The van der Waals surface area contributed by atoms with Gasteiger partial charge in [0.05, 0.1) is 10.6 Å². The molecule has 0 saturated carbocycles. The maximum Gasteiger partial charge on any atom is 0.146 e. The molecule has 0 bridgehead atoms. The number of anilines is 2. The third-order valence-electron chi connectivity index (χ3n) is 6.34. The van der Waals surface area contributed by atoms with Crippen molar-refractivity contribution >= 4 is 23.3 Å². The smallest absolute Gasteiger partial charge is 0.146 e. The van der Waals surface area contributed by atoms with E-state index in [4.69, 9.17) is 4.98 Å². The first kappa shape index (κ1) is 21.4. The van der Waals surface area contributed by atoms with E-state index < -0.39 is 0 Å². The molecule has 166 valence electrons. The van der Waals surface area contributed by atoms with Crippen LogP contribution in [0, 0.1) is 27.7 Å². The highest BCUT2D eigenvalue weighted by Crippen LogP contribution is 2.48. The van der Waals surface area contributed by atoms with Crippen molar-refractivity contribution in [1.82, 2.24) is 4.98 Å². The van der Waals surface area contributed by atoms with Crippen LogP contribution in [0.4, 0.5) is 11.5 Å². The molecule has 1 aromatic heterocycles. The van der Waals surface area contributed by atoms with Gasteiger partial charge in [0.2, 0.25) is 0 Å². The van der Waals surface area contributed by atoms with E-state index in [1.165, 1.54) is 4.90 Å². The number of fused-ring (bicyclic) bond motifs is 2. The van der Waals surface area contributed by atoms with Gasteiger partial charge in [-0.25, -0.2) is 4.98 Å². The van der Waals surface area contributed by atoms with Crippen molar-refractivity contribution in [3.05, 3.63) is 77.0 Å². The second-order valence-electron chi connectivity index (χ2n) is 8.81. The first-order valence-corrected chi connectivity index (χ1v) is 11.7. The summed E-state index contributed by atoms with van der Waals surface area (Å²) in [5, 5.41) is 20.3. The number of hydrogen-bond acceptors (Lipinski definition) is 5. The summed E-state index contributed by atoms with van der Waals surface area (Å²) in [5.41, 5.74) is 8.92. The lowest BCUT2D eigenvalue weighted by atomic mass is 9.99. The Morgan fingerprint density at radius 1 is 0.667 bits per heavy atom. The average molecular weight is 455 g/mol. The predicted molar refractivity (Wildman–Crippen MR) is 136 cm³/mol. The molecule has 1 aliphatic heterocycles. The third-order valence-corrected chi connectivity index (χ3v) is 7.41. The molecule has 2 N–H and O–H groups in total. The van der Waals surface area contributed by atoms with Crippen LogP contribution >= 0.6 is 11.8 Å². The van der Waals surface area contributed by atoms with Crippen LogP contribution in [0.1, 0.15) is 22.3 Å². The number of hydrogen-bond donors (Lipinski definition) is 2. The van der Waals surface area contributed by atoms with Crippen LogP contribution in [0.3, 0.4) is 0 Å². The molecule has 1 aliphatic rings. The van der Waals surface area contributed by atoms with Crippen molar-refractivity contribution in [2.24, 2.45) is 0 Å². The van der Waals surface area contributed by atoms with Crippen molar-refractivity contribution in [3.8, 4) is 33.8 Å². The van der Waals surface area contributed by atoms with Gasteiger partial charge < -0.3 is 15.1 Å². The maximum absolute atomic E-state index is 10.2. The van der Waals surface area contributed by atoms with Gasteiger partial charge in [-0.15, -0.1) is 0 Å². The summed E-state index contributed by atoms with van der Waals surface area (Å²) in [7, 11) is 2.05. The molecule has 4 aromatic rings. The number of aromatic hydroxyl groups is 2. The molecule has 0 fully saturated rings. The van der Waals surface area contributed by atoms with E-state index in [1.54, 1.807) is 11.8 Å². The summed E-state index contributed by atoms with van der Waals surface area (Å²) >= 11 is 1.72. The summed E-state index contributed by atoms with van der Waals surface area (Å²) in [6.07, 6.45) is 1.91. The summed E-state index contributed by atoms with van der Waals surface area (Å²) in [6, 6.07) is 16.7. The number of nitrogens with zero attached hydrogens (tertiary/aromatic N) is 2. The van der Waals surface area contributed by atoms with Gasteiger partial charge in [0.15, 0.2) is 0 Å². The number of phenols is 2. The fourth-order valence-electron chi connectivity index (χ4n) is 4.45. The van der Waals surface area contributed by atoms with E-state index in [9.17, 15) is 10.2 Å². The molecule has 0 aliphatic carbocycles. The number of rotatable bonds is 2. The summed E-state index contributed by atoms with van der Waals surface area (Å²) in [4.78, 5) is 9.19. The molecule has 3 aromatic carbocycles. The van der Waals surface area contributed by atoms with Crippen molar-refractivity contribution in [3.63, 3.8) is 0 Å². The summed E-state index contributed by atoms with van der Waals surface area (Å²) < 4.78 is 0. The van der Waals surface area contributed by atoms with E-state index in [0.29, 0.717) is 11.5 Å².